The van der Waals surface area contributed by atoms with Gasteiger partial charge in [-0.1, -0.05) is 0 Å². The van der Waals surface area contributed by atoms with Crippen molar-refractivity contribution in [2.75, 3.05) is 46.9 Å². The van der Waals surface area contributed by atoms with Crippen molar-refractivity contribution in [3.63, 3.8) is 0 Å². The van der Waals surface area contributed by atoms with E-state index < -0.39 is 11.8 Å². The first-order chi connectivity index (χ1) is 11.4. The van der Waals surface area contributed by atoms with Gasteiger partial charge in [0.1, 0.15) is 0 Å². The second-order valence-corrected chi connectivity index (χ2v) is 6.79. The van der Waals surface area contributed by atoms with Crippen LogP contribution in [0.2, 0.25) is 0 Å². The average molecular weight is 339 g/mol. The summed E-state index contributed by atoms with van der Waals surface area (Å²) < 4.78 is 5.05. The van der Waals surface area contributed by atoms with Crippen molar-refractivity contribution >= 4 is 17.8 Å². The lowest BCUT2D eigenvalue weighted by atomic mass is 9.98. The van der Waals surface area contributed by atoms with E-state index >= 15 is 0 Å². The number of hydrogen-bond donors (Lipinski definition) is 0. The van der Waals surface area contributed by atoms with Gasteiger partial charge in [-0.3, -0.25) is 14.4 Å². The minimum atomic E-state index is -0.495. The summed E-state index contributed by atoms with van der Waals surface area (Å²) in [5.41, 5.74) is 0. The first kappa shape index (κ1) is 18.7. The van der Waals surface area contributed by atoms with Gasteiger partial charge in [0, 0.05) is 26.2 Å². The first-order valence-electron chi connectivity index (χ1n) is 8.85. The van der Waals surface area contributed by atoms with E-state index in [1.807, 2.05) is 0 Å². The predicted molar refractivity (Wildman–Crippen MR) is 89.2 cm³/mol. The third-order valence-corrected chi connectivity index (χ3v) is 5.07. The normalized spacial score (nSPS) is 23.0. The fraction of sp³-hybridized carbons (Fsp3) is 0.824. The number of likely N-dealkylation sites (tertiary alicyclic amines) is 2. The van der Waals surface area contributed by atoms with Gasteiger partial charge in [0.2, 0.25) is 0 Å². The molecule has 0 N–H and O–H groups in total. The van der Waals surface area contributed by atoms with Crippen molar-refractivity contribution in [2.24, 2.45) is 5.92 Å². The Balaban J connectivity index is 1.92. The maximum Gasteiger partial charge on any atom is 0.312 e. The topological polar surface area (TPSA) is 70.2 Å². The van der Waals surface area contributed by atoms with Crippen LogP contribution in [0.3, 0.4) is 0 Å². The van der Waals surface area contributed by atoms with Crippen LogP contribution in [-0.4, -0.2) is 85.4 Å². The lowest BCUT2D eigenvalue weighted by Crippen LogP contribution is -2.52. The van der Waals surface area contributed by atoms with E-state index in [0.29, 0.717) is 19.6 Å². The highest BCUT2D eigenvalue weighted by atomic mass is 16.5. The Labute approximate surface area is 143 Å². The largest absolute Gasteiger partial charge is 0.466 e. The van der Waals surface area contributed by atoms with Gasteiger partial charge in [0.25, 0.3) is 0 Å². The summed E-state index contributed by atoms with van der Waals surface area (Å²) in [6.07, 6.45) is 3.21. The molecule has 1 atom stereocenters. The van der Waals surface area contributed by atoms with Gasteiger partial charge in [0.05, 0.1) is 12.5 Å². The Morgan fingerprint density at radius 1 is 1.12 bits per heavy atom. The molecule has 1 unspecified atom stereocenters. The average Bonchev–Trinajstić information content (AvgIpc) is 2.61. The van der Waals surface area contributed by atoms with Crippen LogP contribution in [-0.2, 0) is 19.1 Å². The third kappa shape index (κ3) is 4.47. The molecule has 2 saturated heterocycles. The molecule has 2 rings (SSSR count). The van der Waals surface area contributed by atoms with E-state index in [4.69, 9.17) is 4.74 Å². The molecular formula is C17H29N3O4. The molecular weight excluding hydrogens is 310 g/mol. The summed E-state index contributed by atoms with van der Waals surface area (Å²) >= 11 is 0. The second-order valence-electron chi connectivity index (χ2n) is 6.79. The van der Waals surface area contributed by atoms with Gasteiger partial charge in [-0.05, 0) is 52.7 Å². The van der Waals surface area contributed by atoms with Crippen LogP contribution in [0.25, 0.3) is 0 Å². The van der Waals surface area contributed by atoms with Crippen LogP contribution < -0.4 is 0 Å². The van der Waals surface area contributed by atoms with Crippen LogP contribution in [0.5, 0.6) is 0 Å². The summed E-state index contributed by atoms with van der Waals surface area (Å²) in [4.78, 5) is 42.3. The molecule has 0 saturated carbocycles. The summed E-state index contributed by atoms with van der Waals surface area (Å²) in [7, 11) is 3.77. The van der Waals surface area contributed by atoms with E-state index in [-0.39, 0.29) is 24.5 Å². The van der Waals surface area contributed by atoms with Crippen LogP contribution in [0.1, 0.15) is 32.6 Å². The highest BCUT2D eigenvalue weighted by Gasteiger charge is 2.35. The fourth-order valence-electron chi connectivity index (χ4n) is 3.45. The first-order valence-corrected chi connectivity index (χ1v) is 8.85. The molecule has 0 aromatic heterocycles. The molecule has 0 radical (unpaired) electrons. The zero-order chi connectivity index (χ0) is 17.7. The molecule has 0 spiro atoms. The third-order valence-electron chi connectivity index (χ3n) is 5.07. The lowest BCUT2D eigenvalue weighted by molar-refractivity contribution is -0.157. The monoisotopic (exact) mass is 339 g/mol. The summed E-state index contributed by atoms with van der Waals surface area (Å²) in [6, 6.07) is 0.114. The van der Waals surface area contributed by atoms with Gasteiger partial charge in [0.15, 0.2) is 0 Å². The highest BCUT2D eigenvalue weighted by Crippen LogP contribution is 2.20. The second kappa shape index (κ2) is 8.46. The molecule has 0 aromatic rings. The number of ether oxygens (including phenoxy) is 1. The van der Waals surface area contributed by atoms with Crippen LogP contribution >= 0.6 is 0 Å². The summed E-state index contributed by atoms with van der Waals surface area (Å²) in [5.74, 6) is -1.55. The van der Waals surface area contributed by atoms with Crippen molar-refractivity contribution in [1.29, 1.82) is 0 Å². The van der Waals surface area contributed by atoms with Gasteiger partial charge in [-0.25, -0.2) is 0 Å². The molecule has 0 aliphatic carbocycles. The Hall–Kier alpha value is -1.63. The minimum absolute atomic E-state index is 0.114. The molecule has 2 aliphatic heterocycles. The van der Waals surface area contributed by atoms with Gasteiger partial charge < -0.3 is 19.4 Å². The molecule has 136 valence electrons. The SMILES string of the molecule is CCOC(=O)C1CCCN(C(=O)C(=O)N(C)C2CCN(C)CC2)C1. The van der Waals surface area contributed by atoms with E-state index in [1.54, 1.807) is 18.9 Å². The number of piperidine rings is 2. The molecule has 0 aromatic carbocycles. The smallest absolute Gasteiger partial charge is 0.312 e. The van der Waals surface area contributed by atoms with Crippen LogP contribution in [0.4, 0.5) is 0 Å². The number of rotatable bonds is 3. The molecule has 2 heterocycles. The predicted octanol–water partition coefficient (Wildman–Crippen LogP) is 0.341. The maximum absolute atomic E-state index is 12.5. The zero-order valence-corrected chi connectivity index (χ0v) is 15.0. The zero-order valence-electron chi connectivity index (χ0n) is 15.0. The Morgan fingerprint density at radius 2 is 1.79 bits per heavy atom. The molecule has 24 heavy (non-hydrogen) atoms. The lowest BCUT2D eigenvalue weighted by Gasteiger charge is -2.36. The van der Waals surface area contributed by atoms with E-state index in [0.717, 1.165) is 32.4 Å². The molecule has 2 fully saturated rings. The van der Waals surface area contributed by atoms with Crippen LogP contribution in [0, 0.1) is 5.92 Å². The fourth-order valence-corrected chi connectivity index (χ4v) is 3.45. The maximum atomic E-state index is 12.5. The molecule has 2 amide bonds. The molecule has 0 bridgehead atoms. The van der Waals surface area contributed by atoms with Crippen molar-refractivity contribution in [3.8, 4) is 0 Å². The van der Waals surface area contributed by atoms with Crippen molar-refractivity contribution in [1.82, 2.24) is 14.7 Å². The van der Waals surface area contributed by atoms with Crippen molar-refractivity contribution in [2.45, 2.75) is 38.6 Å². The number of likely N-dealkylation sites (N-methyl/N-ethyl adjacent to an activating group) is 1. The quantitative estimate of drug-likeness (QED) is 0.548. The van der Waals surface area contributed by atoms with Crippen molar-refractivity contribution in [3.05, 3.63) is 0 Å². The van der Waals surface area contributed by atoms with Gasteiger partial charge in [-0.15, -0.1) is 0 Å². The summed E-state index contributed by atoms with van der Waals surface area (Å²) in [6.45, 7) is 4.79. The highest BCUT2D eigenvalue weighted by molar-refractivity contribution is 6.34. The Morgan fingerprint density at radius 3 is 2.42 bits per heavy atom. The summed E-state index contributed by atoms with van der Waals surface area (Å²) in [5, 5.41) is 0. The molecule has 7 nitrogen and oxygen atoms in total. The van der Waals surface area contributed by atoms with Gasteiger partial charge in [-0.2, -0.15) is 0 Å². The standard InChI is InChI=1S/C17H29N3O4/c1-4-24-17(23)13-6-5-9-20(12-13)16(22)15(21)19(3)14-7-10-18(2)11-8-14/h13-14H,4-12H2,1-3H3. The number of carbonyl (C=O) groups excluding carboxylic acids is 3. The Bertz CT molecular complexity index is 474. The van der Waals surface area contributed by atoms with E-state index in [9.17, 15) is 14.4 Å². The Kier molecular flexibility index (Phi) is 6.60. The number of carbonyl (C=O) groups is 3. The van der Waals surface area contributed by atoms with E-state index in [2.05, 4.69) is 11.9 Å². The molecule has 2 aliphatic rings. The van der Waals surface area contributed by atoms with Crippen molar-refractivity contribution < 1.29 is 19.1 Å². The molecule has 7 heteroatoms. The number of amides is 2. The van der Waals surface area contributed by atoms with Crippen LogP contribution in [0.15, 0.2) is 0 Å². The van der Waals surface area contributed by atoms with E-state index in [1.165, 1.54) is 4.90 Å². The number of esters is 1. The minimum Gasteiger partial charge on any atom is -0.466 e. The van der Waals surface area contributed by atoms with Gasteiger partial charge >= 0.3 is 17.8 Å². The number of hydrogen-bond acceptors (Lipinski definition) is 5. The number of nitrogens with zero attached hydrogens (tertiary/aromatic N) is 3.